The van der Waals surface area contributed by atoms with E-state index in [0.29, 0.717) is 11.4 Å². The minimum atomic E-state index is -0.398. The van der Waals surface area contributed by atoms with Gasteiger partial charge in [-0.05, 0) is 24.8 Å². The molecule has 0 saturated heterocycles. The molecule has 1 N–H and O–H groups in total. The Labute approximate surface area is 111 Å². The summed E-state index contributed by atoms with van der Waals surface area (Å²) in [6.07, 6.45) is 0. The second-order valence-corrected chi connectivity index (χ2v) is 5.16. The first-order valence-electron chi connectivity index (χ1n) is 5.75. The summed E-state index contributed by atoms with van der Waals surface area (Å²) in [7, 11) is 1.49. The lowest BCUT2D eigenvalue weighted by Crippen LogP contribution is -2.18. The Morgan fingerprint density at radius 2 is 2.28 bits per heavy atom. The van der Waals surface area contributed by atoms with Crippen LogP contribution in [0.15, 0.2) is 18.2 Å². The highest BCUT2D eigenvalue weighted by Gasteiger charge is 2.16. The fraction of sp³-hybridized carbons (Fsp3) is 0.500. The highest BCUT2D eigenvalue weighted by atomic mass is 32.2. The third-order valence-corrected chi connectivity index (χ3v) is 3.52. The third-order valence-electron chi connectivity index (χ3n) is 2.38. The summed E-state index contributed by atoms with van der Waals surface area (Å²) in [5, 5.41) is 14.2. The molecule has 0 spiro atoms. The first-order chi connectivity index (χ1) is 8.58. The smallest absolute Gasteiger partial charge is 0.296 e. The first kappa shape index (κ1) is 14.6. The van der Waals surface area contributed by atoms with Gasteiger partial charge in [-0.2, -0.15) is 11.8 Å². The van der Waals surface area contributed by atoms with Crippen molar-refractivity contribution in [3.8, 4) is 5.75 Å². The zero-order valence-corrected chi connectivity index (χ0v) is 11.6. The van der Waals surface area contributed by atoms with Gasteiger partial charge in [0.2, 0.25) is 0 Å². The Kier molecular flexibility index (Phi) is 5.77. The van der Waals surface area contributed by atoms with E-state index in [2.05, 4.69) is 12.2 Å². The molecule has 100 valence electrons. The summed E-state index contributed by atoms with van der Waals surface area (Å²) in [6, 6.07) is 5.02. The van der Waals surface area contributed by atoms with E-state index in [-0.39, 0.29) is 11.7 Å². The first-order valence-corrected chi connectivity index (χ1v) is 6.90. The number of ether oxygens (including phenoxy) is 1. The van der Waals surface area contributed by atoms with Crippen LogP contribution in [0.2, 0.25) is 0 Å². The van der Waals surface area contributed by atoms with Gasteiger partial charge < -0.3 is 10.1 Å². The van der Waals surface area contributed by atoms with Crippen LogP contribution in [0.5, 0.6) is 5.75 Å². The Hall–Kier alpha value is -1.43. The number of anilines is 1. The van der Waals surface area contributed by atoms with Crippen LogP contribution in [0, 0.1) is 10.1 Å². The highest BCUT2D eigenvalue weighted by molar-refractivity contribution is 7.99. The molecule has 1 rings (SSSR count). The average molecular weight is 270 g/mol. The van der Waals surface area contributed by atoms with E-state index >= 15 is 0 Å². The van der Waals surface area contributed by atoms with Gasteiger partial charge in [0.15, 0.2) is 0 Å². The Morgan fingerprint density at radius 1 is 1.56 bits per heavy atom. The molecule has 6 heteroatoms. The largest absolute Gasteiger partial charge is 0.496 e. The lowest BCUT2D eigenvalue weighted by molar-refractivity contribution is -0.384. The molecule has 1 aromatic carbocycles. The van der Waals surface area contributed by atoms with Gasteiger partial charge in [-0.3, -0.25) is 10.1 Å². The lowest BCUT2D eigenvalue weighted by atomic mass is 10.2. The van der Waals surface area contributed by atoms with Crippen molar-refractivity contribution in [1.29, 1.82) is 0 Å². The van der Waals surface area contributed by atoms with E-state index in [1.165, 1.54) is 13.2 Å². The number of nitro benzene ring substituents is 1. The van der Waals surface area contributed by atoms with Crippen molar-refractivity contribution in [1.82, 2.24) is 0 Å². The van der Waals surface area contributed by atoms with E-state index in [4.69, 9.17) is 4.74 Å². The zero-order valence-electron chi connectivity index (χ0n) is 10.8. The van der Waals surface area contributed by atoms with Crippen LogP contribution in [0.3, 0.4) is 0 Å². The number of thioether (sulfide) groups is 1. The molecule has 0 amide bonds. The van der Waals surface area contributed by atoms with Gasteiger partial charge >= 0.3 is 0 Å². The summed E-state index contributed by atoms with van der Waals surface area (Å²) in [5.41, 5.74) is 0.577. The summed E-state index contributed by atoms with van der Waals surface area (Å²) in [6.45, 7) is 4.10. The van der Waals surface area contributed by atoms with Gasteiger partial charge in [0.1, 0.15) is 11.4 Å². The average Bonchev–Trinajstić information content (AvgIpc) is 2.36. The maximum Gasteiger partial charge on any atom is 0.296 e. The van der Waals surface area contributed by atoms with E-state index in [1.807, 2.05) is 6.92 Å². The molecule has 0 radical (unpaired) electrons. The fourth-order valence-corrected chi connectivity index (χ4v) is 2.19. The molecule has 1 atom stereocenters. The molecule has 0 aliphatic heterocycles. The molecule has 0 saturated carbocycles. The van der Waals surface area contributed by atoms with Gasteiger partial charge in [-0.25, -0.2) is 0 Å². The number of rotatable bonds is 7. The fourth-order valence-electron chi connectivity index (χ4n) is 1.51. The van der Waals surface area contributed by atoms with Gasteiger partial charge in [-0.1, -0.05) is 6.92 Å². The van der Waals surface area contributed by atoms with Crippen LogP contribution in [-0.2, 0) is 0 Å². The number of hydrogen-bond donors (Lipinski definition) is 1. The van der Waals surface area contributed by atoms with Crippen LogP contribution in [0.1, 0.15) is 13.8 Å². The molecule has 18 heavy (non-hydrogen) atoms. The standard InChI is InChI=1S/C12H18N2O3S/c1-4-18-8-9(2)13-11-6-5-10(17-3)7-12(11)14(15)16/h5-7,9,13H,4,8H2,1-3H3. The van der Waals surface area contributed by atoms with Crippen LogP contribution >= 0.6 is 11.8 Å². The monoisotopic (exact) mass is 270 g/mol. The Bertz CT molecular complexity index is 412. The maximum atomic E-state index is 11.0. The number of nitrogens with zero attached hydrogens (tertiary/aromatic N) is 1. The van der Waals surface area contributed by atoms with Crippen molar-refractivity contribution >= 4 is 23.1 Å². The topological polar surface area (TPSA) is 64.4 Å². The van der Waals surface area contributed by atoms with E-state index in [1.54, 1.807) is 23.9 Å². The number of nitrogens with one attached hydrogen (secondary N) is 1. The summed E-state index contributed by atoms with van der Waals surface area (Å²) >= 11 is 1.80. The van der Waals surface area contributed by atoms with Crippen LogP contribution in [0.4, 0.5) is 11.4 Å². The van der Waals surface area contributed by atoms with Crippen LogP contribution in [0.25, 0.3) is 0 Å². The van der Waals surface area contributed by atoms with Gasteiger partial charge in [-0.15, -0.1) is 0 Å². The SMILES string of the molecule is CCSCC(C)Nc1ccc(OC)cc1[N+](=O)[O-]. The Balaban J connectivity index is 2.84. The van der Waals surface area contributed by atoms with E-state index < -0.39 is 4.92 Å². The second kappa shape index (κ2) is 7.10. The van der Waals surface area contributed by atoms with Crippen molar-refractivity contribution in [2.75, 3.05) is 23.9 Å². The van der Waals surface area contributed by atoms with E-state index in [9.17, 15) is 10.1 Å². The molecule has 1 aromatic rings. The Morgan fingerprint density at radius 3 is 2.83 bits per heavy atom. The predicted octanol–water partition coefficient (Wildman–Crippen LogP) is 3.16. The molecule has 0 aliphatic rings. The summed E-state index contributed by atoms with van der Waals surface area (Å²) < 4.78 is 4.99. The minimum absolute atomic E-state index is 0.0442. The normalized spacial score (nSPS) is 11.9. The van der Waals surface area contributed by atoms with Crippen molar-refractivity contribution in [2.24, 2.45) is 0 Å². The van der Waals surface area contributed by atoms with Crippen molar-refractivity contribution in [3.63, 3.8) is 0 Å². The summed E-state index contributed by atoms with van der Waals surface area (Å²) in [5.74, 6) is 2.44. The third kappa shape index (κ3) is 4.10. The predicted molar refractivity (Wildman–Crippen MR) is 75.7 cm³/mol. The maximum absolute atomic E-state index is 11.0. The van der Waals surface area contributed by atoms with Gasteiger partial charge in [0, 0.05) is 11.8 Å². The van der Waals surface area contributed by atoms with Gasteiger partial charge in [0.25, 0.3) is 5.69 Å². The van der Waals surface area contributed by atoms with Gasteiger partial charge in [0.05, 0.1) is 18.1 Å². The molecule has 1 unspecified atom stereocenters. The van der Waals surface area contributed by atoms with Crippen LogP contribution < -0.4 is 10.1 Å². The van der Waals surface area contributed by atoms with E-state index in [0.717, 1.165) is 11.5 Å². The lowest BCUT2D eigenvalue weighted by Gasteiger charge is -2.15. The minimum Gasteiger partial charge on any atom is -0.496 e. The molecule has 0 bridgehead atoms. The molecule has 5 nitrogen and oxygen atoms in total. The molecular weight excluding hydrogens is 252 g/mol. The second-order valence-electron chi connectivity index (χ2n) is 3.85. The summed E-state index contributed by atoms with van der Waals surface area (Å²) in [4.78, 5) is 10.6. The van der Waals surface area contributed by atoms with Crippen molar-refractivity contribution in [2.45, 2.75) is 19.9 Å². The number of methoxy groups -OCH3 is 1. The molecule has 0 fully saturated rings. The van der Waals surface area contributed by atoms with Crippen LogP contribution in [-0.4, -0.2) is 29.6 Å². The molecule has 0 heterocycles. The number of nitro groups is 1. The number of benzene rings is 1. The molecular formula is C12H18N2O3S. The number of hydrogen-bond acceptors (Lipinski definition) is 5. The quantitative estimate of drug-likeness (QED) is 0.609. The van der Waals surface area contributed by atoms with Crippen molar-refractivity contribution < 1.29 is 9.66 Å². The molecule has 0 aromatic heterocycles. The molecule has 0 aliphatic carbocycles. The zero-order chi connectivity index (χ0) is 13.5. The van der Waals surface area contributed by atoms with Crippen molar-refractivity contribution in [3.05, 3.63) is 28.3 Å². The highest BCUT2D eigenvalue weighted by Crippen LogP contribution is 2.29.